The van der Waals surface area contributed by atoms with Crippen LogP contribution in [0, 0.1) is 0 Å². The smallest absolute Gasteiger partial charge is 0.0812 e. The van der Waals surface area contributed by atoms with Crippen LogP contribution in [0.2, 0.25) is 0 Å². The van der Waals surface area contributed by atoms with E-state index in [9.17, 15) is 5.11 Å². The van der Waals surface area contributed by atoms with Gasteiger partial charge in [0.05, 0.1) is 45.7 Å². The Labute approximate surface area is 126 Å². The van der Waals surface area contributed by atoms with E-state index in [0.717, 1.165) is 5.56 Å². The molecule has 0 saturated heterocycles. The molecule has 0 spiro atoms. The van der Waals surface area contributed by atoms with Crippen LogP contribution in [0.25, 0.3) is 0 Å². The Bertz CT molecular complexity index is 331. The predicted octanol–water partition coefficient (Wildman–Crippen LogP) is 1.81. The second kappa shape index (κ2) is 12.7. The molecule has 21 heavy (non-hydrogen) atoms. The average molecular weight is 298 g/mol. The molecule has 0 aliphatic rings. The molecule has 0 aliphatic heterocycles. The van der Waals surface area contributed by atoms with Crippen LogP contribution in [0.3, 0.4) is 0 Å². The van der Waals surface area contributed by atoms with Crippen molar-refractivity contribution in [2.24, 2.45) is 0 Å². The standard InChI is InChI=1S/C16H26O5/c1-18-9-10-20-13-14-21-12-11-19-8-7-16(17)15-5-3-2-4-6-15/h2-6,16-17H,7-14H2,1H3. The van der Waals surface area contributed by atoms with Crippen LogP contribution >= 0.6 is 0 Å². The van der Waals surface area contributed by atoms with Crippen molar-refractivity contribution >= 4 is 0 Å². The maximum absolute atomic E-state index is 9.93. The number of aliphatic hydroxyl groups is 1. The summed E-state index contributed by atoms with van der Waals surface area (Å²) in [5.74, 6) is 0. The van der Waals surface area contributed by atoms with Crippen molar-refractivity contribution in [1.29, 1.82) is 0 Å². The second-order valence-electron chi connectivity index (χ2n) is 4.55. The molecule has 0 aliphatic carbocycles. The Morgan fingerprint density at radius 3 is 1.90 bits per heavy atom. The summed E-state index contributed by atoms with van der Waals surface area (Å²) in [6.45, 7) is 3.90. The summed E-state index contributed by atoms with van der Waals surface area (Å²) in [6, 6.07) is 9.60. The van der Waals surface area contributed by atoms with Gasteiger partial charge in [-0.05, 0) is 5.56 Å². The number of hydrogen-bond donors (Lipinski definition) is 1. The van der Waals surface area contributed by atoms with Crippen LogP contribution < -0.4 is 0 Å². The molecule has 0 bridgehead atoms. The van der Waals surface area contributed by atoms with Crippen molar-refractivity contribution < 1.29 is 24.1 Å². The van der Waals surface area contributed by atoms with E-state index >= 15 is 0 Å². The third-order valence-corrected chi connectivity index (χ3v) is 2.90. The number of benzene rings is 1. The molecule has 0 amide bonds. The molecular weight excluding hydrogens is 272 g/mol. The number of hydrogen-bond acceptors (Lipinski definition) is 5. The van der Waals surface area contributed by atoms with Gasteiger partial charge >= 0.3 is 0 Å². The van der Waals surface area contributed by atoms with Crippen molar-refractivity contribution in [2.75, 3.05) is 53.4 Å². The Balaban J connectivity index is 1.86. The van der Waals surface area contributed by atoms with E-state index in [2.05, 4.69) is 0 Å². The third kappa shape index (κ3) is 9.55. The zero-order chi connectivity index (χ0) is 15.2. The van der Waals surface area contributed by atoms with Crippen molar-refractivity contribution in [1.82, 2.24) is 0 Å². The van der Waals surface area contributed by atoms with E-state index in [1.54, 1.807) is 7.11 Å². The van der Waals surface area contributed by atoms with Gasteiger partial charge in [-0.15, -0.1) is 0 Å². The molecule has 1 unspecified atom stereocenters. The molecular formula is C16H26O5. The Morgan fingerprint density at radius 1 is 0.810 bits per heavy atom. The van der Waals surface area contributed by atoms with E-state index in [1.807, 2.05) is 30.3 Å². The highest BCUT2D eigenvalue weighted by atomic mass is 16.6. The van der Waals surface area contributed by atoms with E-state index in [4.69, 9.17) is 18.9 Å². The van der Waals surface area contributed by atoms with Gasteiger partial charge in [-0.2, -0.15) is 0 Å². The Kier molecular flexibility index (Phi) is 11.0. The van der Waals surface area contributed by atoms with Crippen LogP contribution in [-0.2, 0) is 18.9 Å². The number of ether oxygens (including phenoxy) is 4. The fourth-order valence-electron chi connectivity index (χ4n) is 1.72. The molecule has 1 N–H and O–H groups in total. The molecule has 5 heteroatoms. The number of aliphatic hydroxyl groups excluding tert-OH is 1. The summed E-state index contributed by atoms with van der Waals surface area (Å²) < 4.78 is 20.9. The first-order valence-corrected chi connectivity index (χ1v) is 7.29. The first-order valence-electron chi connectivity index (χ1n) is 7.29. The Morgan fingerprint density at radius 2 is 1.33 bits per heavy atom. The first-order chi connectivity index (χ1) is 10.3. The second-order valence-corrected chi connectivity index (χ2v) is 4.55. The van der Waals surface area contributed by atoms with Gasteiger partial charge in [0.15, 0.2) is 0 Å². The van der Waals surface area contributed by atoms with Crippen molar-refractivity contribution in [2.45, 2.75) is 12.5 Å². The SMILES string of the molecule is COCCOCCOCCOCCC(O)c1ccccc1. The molecule has 1 aromatic carbocycles. The van der Waals surface area contributed by atoms with Crippen molar-refractivity contribution in [3.8, 4) is 0 Å². The summed E-state index contributed by atoms with van der Waals surface area (Å²) in [5, 5.41) is 9.93. The summed E-state index contributed by atoms with van der Waals surface area (Å²) >= 11 is 0. The summed E-state index contributed by atoms with van der Waals surface area (Å²) in [4.78, 5) is 0. The molecule has 5 nitrogen and oxygen atoms in total. The minimum atomic E-state index is -0.471. The van der Waals surface area contributed by atoms with Gasteiger partial charge in [-0.1, -0.05) is 30.3 Å². The summed E-state index contributed by atoms with van der Waals surface area (Å²) in [7, 11) is 1.64. The van der Waals surface area contributed by atoms with Gasteiger partial charge in [-0.3, -0.25) is 0 Å². The van der Waals surface area contributed by atoms with Gasteiger partial charge in [0.25, 0.3) is 0 Å². The minimum Gasteiger partial charge on any atom is -0.388 e. The van der Waals surface area contributed by atoms with E-state index in [-0.39, 0.29) is 0 Å². The molecule has 0 heterocycles. The lowest BCUT2D eigenvalue weighted by Gasteiger charge is -2.11. The van der Waals surface area contributed by atoms with E-state index in [1.165, 1.54) is 0 Å². The molecule has 0 saturated carbocycles. The highest BCUT2D eigenvalue weighted by Gasteiger charge is 2.05. The largest absolute Gasteiger partial charge is 0.388 e. The molecule has 120 valence electrons. The van der Waals surface area contributed by atoms with Crippen molar-refractivity contribution in [3.05, 3.63) is 35.9 Å². The third-order valence-electron chi connectivity index (χ3n) is 2.90. The molecule has 0 radical (unpaired) electrons. The monoisotopic (exact) mass is 298 g/mol. The fraction of sp³-hybridized carbons (Fsp3) is 0.625. The van der Waals surface area contributed by atoms with Crippen LogP contribution in [0.5, 0.6) is 0 Å². The zero-order valence-corrected chi connectivity index (χ0v) is 12.7. The normalized spacial score (nSPS) is 12.5. The molecule has 1 rings (SSSR count). The maximum atomic E-state index is 9.93. The van der Waals surface area contributed by atoms with Gasteiger partial charge in [-0.25, -0.2) is 0 Å². The van der Waals surface area contributed by atoms with Gasteiger partial charge in [0.1, 0.15) is 0 Å². The number of methoxy groups -OCH3 is 1. The summed E-state index contributed by atoms with van der Waals surface area (Å²) in [5.41, 5.74) is 0.922. The lowest BCUT2D eigenvalue weighted by atomic mass is 10.1. The average Bonchev–Trinajstić information content (AvgIpc) is 2.53. The van der Waals surface area contributed by atoms with Crippen LogP contribution in [0.15, 0.2) is 30.3 Å². The molecule has 1 atom stereocenters. The predicted molar refractivity (Wildman–Crippen MR) is 80.4 cm³/mol. The van der Waals surface area contributed by atoms with Crippen LogP contribution in [0.4, 0.5) is 0 Å². The zero-order valence-electron chi connectivity index (χ0n) is 12.7. The van der Waals surface area contributed by atoms with E-state index in [0.29, 0.717) is 52.7 Å². The van der Waals surface area contributed by atoms with Gasteiger partial charge in [0.2, 0.25) is 0 Å². The van der Waals surface area contributed by atoms with E-state index < -0.39 is 6.10 Å². The first kappa shape index (κ1) is 18.1. The highest BCUT2D eigenvalue weighted by Crippen LogP contribution is 2.15. The molecule has 1 aromatic rings. The topological polar surface area (TPSA) is 57.2 Å². The Hall–Kier alpha value is -0.980. The summed E-state index contributed by atoms with van der Waals surface area (Å²) in [6.07, 6.45) is 0.116. The molecule has 0 aromatic heterocycles. The lowest BCUT2D eigenvalue weighted by molar-refractivity contribution is -0.000842. The van der Waals surface area contributed by atoms with Gasteiger partial charge < -0.3 is 24.1 Å². The van der Waals surface area contributed by atoms with Crippen LogP contribution in [0.1, 0.15) is 18.1 Å². The maximum Gasteiger partial charge on any atom is 0.0812 e. The number of rotatable bonds is 13. The minimum absolute atomic E-state index is 0.471. The lowest BCUT2D eigenvalue weighted by Crippen LogP contribution is -2.12. The molecule has 0 fully saturated rings. The quantitative estimate of drug-likeness (QED) is 0.563. The highest BCUT2D eigenvalue weighted by molar-refractivity contribution is 5.16. The fourth-order valence-corrected chi connectivity index (χ4v) is 1.72. The van der Waals surface area contributed by atoms with Crippen LogP contribution in [-0.4, -0.2) is 58.5 Å². The van der Waals surface area contributed by atoms with Gasteiger partial charge in [0, 0.05) is 20.1 Å². The van der Waals surface area contributed by atoms with Crippen molar-refractivity contribution in [3.63, 3.8) is 0 Å².